The zero-order valence-corrected chi connectivity index (χ0v) is 8.43. The molecule has 0 aromatic heterocycles. The van der Waals surface area contributed by atoms with Crippen molar-refractivity contribution in [2.75, 3.05) is 0 Å². The zero-order chi connectivity index (χ0) is 13.2. The van der Waals surface area contributed by atoms with Crippen molar-refractivity contribution >= 4 is 11.6 Å². The normalized spacial score (nSPS) is 23.5. The van der Waals surface area contributed by atoms with Crippen LogP contribution in [0.2, 0.25) is 0 Å². The molecule has 1 aromatic rings. The number of fused-ring (bicyclic) bond motifs is 1. The van der Waals surface area contributed by atoms with E-state index in [1.54, 1.807) is 0 Å². The second kappa shape index (κ2) is 3.07. The van der Waals surface area contributed by atoms with E-state index in [4.69, 9.17) is 0 Å². The summed E-state index contributed by atoms with van der Waals surface area (Å²) in [4.78, 5) is 0. The molecule has 1 aliphatic carbocycles. The van der Waals surface area contributed by atoms with Crippen LogP contribution in [0, 0.1) is 11.6 Å². The molecule has 0 saturated heterocycles. The van der Waals surface area contributed by atoms with Crippen LogP contribution < -0.4 is 0 Å². The molecule has 8 heteroatoms. The second-order valence-corrected chi connectivity index (χ2v) is 4.06. The van der Waals surface area contributed by atoms with Crippen LogP contribution in [0.1, 0.15) is 11.1 Å². The first-order valence-corrected chi connectivity index (χ1v) is 4.54. The summed E-state index contributed by atoms with van der Waals surface area (Å²) in [6, 6.07) is -0.357. The fraction of sp³-hybridized carbons (Fsp3) is 0.333. The van der Waals surface area contributed by atoms with Gasteiger partial charge in [0.1, 0.15) is 0 Å². The van der Waals surface area contributed by atoms with E-state index in [-0.39, 0.29) is 12.1 Å². The number of benzene rings is 1. The zero-order valence-electron chi connectivity index (χ0n) is 7.68. The van der Waals surface area contributed by atoms with Crippen molar-refractivity contribution in [1.82, 2.24) is 0 Å². The predicted molar refractivity (Wildman–Crippen MR) is 43.8 cm³/mol. The van der Waals surface area contributed by atoms with E-state index in [0.29, 0.717) is 0 Å². The highest BCUT2D eigenvalue weighted by Gasteiger charge is 2.77. The number of hydrogen-bond acceptors (Lipinski definition) is 0. The monoisotopic (exact) mass is 278 g/mol. The van der Waals surface area contributed by atoms with Crippen LogP contribution in [-0.2, 0) is 11.8 Å². The minimum atomic E-state index is -4.82. The molecule has 0 fully saturated rings. The van der Waals surface area contributed by atoms with Crippen LogP contribution >= 0.6 is 11.6 Å². The van der Waals surface area contributed by atoms with Crippen molar-refractivity contribution < 1.29 is 30.7 Å². The third kappa shape index (κ3) is 1.26. The molecule has 1 aromatic carbocycles. The van der Waals surface area contributed by atoms with Crippen molar-refractivity contribution in [2.45, 2.75) is 17.0 Å². The Labute approximate surface area is 95.0 Å². The highest BCUT2D eigenvalue weighted by atomic mass is 35.5. The topological polar surface area (TPSA) is 0 Å². The van der Waals surface area contributed by atoms with Gasteiger partial charge in [-0.2, -0.15) is 17.6 Å². The van der Waals surface area contributed by atoms with Gasteiger partial charge in [-0.25, -0.2) is 13.2 Å². The van der Waals surface area contributed by atoms with Gasteiger partial charge in [-0.05, 0) is 12.1 Å². The molecule has 94 valence electrons. The predicted octanol–water partition coefficient (Wildman–Crippen LogP) is 4.07. The molecule has 0 aliphatic heterocycles. The summed E-state index contributed by atoms with van der Waals surface area (Å²) in [5.41, 5.74) is -3.31. The molecule has 0 radical (unpaired) electrons. The average Bonchev–Trinajstić information content (AvgIpc) is 2.28. The van der Waals surface area contributed by atoms with Crippen LogP contribution in [-0.4, -0.2) is 5.13 Å². The minimum absolute atomic E-state index is 0.178. The third-order valence-corrected chi connectivity index (χ3v) is 3.00. The first kappa shape index (κ1) is 12.5. The highest BCUT2D eigenvalue weighted by molar-refractivity contribution is 6.24. The number of halogens is 8. The molecule has 0 spiro atoms. The molecule has 17 heavy (non-hydrogen) atoms. The van der Waals surface area contributed by atoms with Crippen LogP contribution in [0.4, 0.5) is 30.7 Å². The van der Waals surface area contributed by atoms with E-state index >= 15 is 0 Å². The fourth-order valence-corrected chi connectivity index (χ4v) is 1.81. The lowest BCUT2D eigenvalue weighted by molar-refractivity contribution is -0.193. The molecule has 0 nitrogen and oxygen atoms in total. The van der Waals surface area contributed by atoms with E-state index in [1.165, 1.54) is 0 Å². The van der Waals surface area contributed by atoms with Crippen molar-refractivity contribution in [3.8, 4) is 0 Å². The first-order valence-electron chi connectivity index (χ1n) is 4.17. The van der Waals surface area contributed by atoms with E-state index < -0.39 is 39.7 Å². The largest absolute Gasteiger partial charge is 0.327 e. The van der Waals surface area contributed by atoms with Gasteiger partial charge >= 0.3 is 17.0 Å². The van der Waals surface area contributed by atoms with E-state index in [0.717, 1.165) is 0 Å². The third-order valence-electron chi connectivity index (χ3n) is 2.53. The lowest BCUT2D eigenvalue weighted by Crippen LogP contribution is -2.42. The van der Waals surface area contributed by atoms with E-state index in [9.17, 15) is 30.7 Å². The maximum absolute atomic E-state index is 13.2. The van der Waals surface area contributed by atoms with E-state index in [2.05, 4.69) is 11.6 Å². The Hall–Kier alpha value is -0.980. The summed E-state index contributed by atoms with van der Waals surface area (Å²) in [6.45, 7) is 0. The number of rotatable bonds is 0. The Kier molecular flexibility index (Phi) is 2.25. The van der Waals surface area contributed by atoms with Gasteiger partial charge in [0.05, 0.1) is 0 Å². The lowest BCUT2D eigenvalue weighted by Gasteiger charge is -2.25. The maximum atomic E-state index is 13.2. The highest BCUT2D eigenvalue weighted by Crippen LogP contribution is 2.64. The molecule has 0 N–H and O–H groups in total. The average molecular weight is 279 g/mol. The van der Waals surface area contributed by atoms with Crippen LogP contribution in [0.25, 0.3) is 0 Å². The first-order chi connectivity index (χ1) is 7.53. The van der Waals surface area contributed by atoms with Crippen molar-refractivity contribution in [2.24, 2.45) is 0 Å². The van der Waals surface area contributed by atoms with Gasteiger partial charge < -0.3 is 0 Å². The molecular weight excluding hydrogens is 277 g/mol. The van der Waals surface area contributed by atoms with Crippen molar-refractivity contribution in [3.63, 3.8) is 0 Å². The molecule has 0 amide bonds. The van der Waals surface area contributed by atoms with E-state index in [1.807, 2.05) is 0 Å². The lowest BCUT2D eigenvalue weighted by atomic mass is 10.1. The molecule has 2 rings (SSSR count). The fourth-order valence-electron chi connectivity index (χ4n) is 1.60. The molecule has 0 unspecified atom stereocenters. The van der Waals surface area contributed by atoms with Crippen LogP contribution in [0.3, 0.4) is 0 Å². The standard InChI is InChI=1S/C9H2ClF7/c10-9(17)7(13,14)3-1-5(11)6(12)2-4(3)8(9,15)16/h1-2H. The summed E-state index contributed by atoms with van der Waals surface area (Å²) in [7, 11) is 0. The number of hydrogen-bond donors (Lipinski definition) is 0. The summed E-state index contributed by atoms with van der Waals surface area (Å²) >= 11 is 4.51. The Bertz CT molecular complexity index is 451. The molecule has 1 aliphatic rings. The molecule has 0 bridgehead atoms. The minimum Gasteiger partial charge on any atom is -0.212 e. The Balaban J connectivity index is 2.83. The van der Waals surface area contributed by atoms with Gasteiger partial charge in [0, 0.05) is 11.1 Å². The Morgan fingerprint density at radius 1 is 0.765 bits per heavy atom. The summed E-state index contributed by atoms with van der Waals surface area (Å²) < 4.78 is 91.6. The van der Waals surface area contributed by atoms with Gasteiger partial charge in [-0.3, -0.25) is 0 Å². The molecular formula is C9H2ClF7. The maximum Gasteiger partial charge on any atom is 0.327 e. The van der Waals surface area contributed by atoms with Gasteiger partial charge in [0.2, 0.25) is 0 Å². The van der Waals surface area contributed by atoms with Gasteiger partial charge in [-0.1, -0.05) is 11.6 Å². The summed E-state index contributed by atoms with van der Waals surface area (Å²) in [5, 5.41) is -4.75. The number of alkyl halides is 6. The van der Waals surface area contributed by atoms with Gasteiger partial charge in [0.25, 0.3) is 0 Å². The summed E-state index contributed by atoms with van der Waals surface area (Å²) in [6.07, 6.45) is 0. The van der Waals surface area contributed by atoms with Crippen molar-refractivity contribution in [3.05, 3.63) is 34.9 Å². The molecule has 0 saturated carbocycles. The second-order valence-electron chi connectivity index (χ2n) is 3.54. The van der Waals surface area contributed by atoms with Gasteiger partial charge in [-0.15, -0.1) is 0 Å². The Morgan fingerprint density at radius 3 is 1.35 bits per heavy atom. The molecule has 0 heterocycles. The van der Waals surface area contributed by atoms with Gasteiger partial charge in [0.15, 0.2) is 11.6 Å². The smallest absolute Gasteiger partial charge is 0.212 e. The summed E-state index contributed by atoms with van der Waals surface area (Å²) in [5.74, 6) is -13.2. The quantitative estimate of drug-likeness (QED) is 0.496. The van der Waals surface area contributed by atoms with Crippen LogP contribution in [0.5, 0.6) is 0 Å². The SMILES string of the molecule is Fc1cc2c(cc1F)C(F)(F)C(F)(Cl)C2(F)F. The molecule has 0 atom stereocenters. The van der Waals surface area contributed by atoms with Crippen molar-refractivity contribution in [1.29, 1.82) is 0 Å². The Morgan fingerprint density at radius 2 is 1.06 bits per heavy atom. The van der Waals surface area contributed by atoms with Crippen LogP contribution in [0.15, 0.2) is 12.1 Å².